The van der Waals surface area contributed by atoms with Crippen LogP contribution in [0.25, 0.3) is 0 Å². The van der Waals surface area contributed by atoms with Crippen LogP contribution in [0.3, 0.4) is 0 Å². The lowest BCUT2D eigenvalue weighted by atomic mass is 10.1. The first-order valence-corrected chi connectivity index (χ1v) is 7.10. The molecule has 1 fully saturated rings. The summed E-state index contributed by atoms with van der Waals surface area (Å²) in [5.74, 6) is 0.759. The Morgan fingerprint density at radius 2 is 1.75 bits per heavy atom. The normalized spacial score (nSPS) is 18.9. The second-order valence-corrected chi connectivity index (χ2v) is 5.44. The average molecular weight is 227 g/mol. The van der Waals surface area contributed by atoms with Crippen LogP contribution < -0.4 is 5.32 Å². The Bertz CT molecular complexity index is 151. The first-order valence-electron chi connectivity index (χ1n) is 7.10. The molecule has 0 atom stereocenters. The maximum atomic E-state index is 5.60. The van der Waals surface area contributed by atoms with Gasteiger partial charge in [0, 0.05) is 19.2 Å². The van der Waals surface area contributed by atoms with Gasteiger partial charge in [-0.05, 0) is 25.2 Å². The number of hydrogen-bond acceptors (Lipinski definition) is 2. The SMILES string of the molecule is CC(C)CCOCCNC1CCCCCC1. The summed E-state index contributed by atoms with van der Waals surface area (Å²) in [5.41, 5.74) is 0. The Morgan fingerprint density at radius 3 is 2.38 bits per heavy atom. The van der Waals surface area contributed by atoms with Gasteiger partial charge in [0.1, 0.15) is 0 Å². The van der Waals surface area contributed by atoms with Gasteiger partial charge in [-0.15, -0.1) is 0 Å². The number of rotatable bonds is 7. The fourth-order valence-electron chi connectivity index (χ4n) is 2.24. The van der Waals surface area contributed by atoms with Crippen molar-refractivity contribution in [1.29, 1.82) is 0 Å². The Hall–Kier alpha value is -0.0800. The van der Waals surface area contributed by atoms with E-state index in [1.165, 1.54) is 44.9 Å². The third-order valence-electron chi connectivity index (χ3n) is 3.37. The Morgan fingerprint density at radius 1 is 1.06 bits per heavy atom. The molecular weight excluding hydrogens is 198 g/mol. The zero-order valence-corrected chi connectivity index (χ0v) is 11.1. The van der Waals surface area contributed by atoms with Crippen molar-refractivity contribution in [3.8, 4) is 0 Å². The molecule has 2 nitrogen and oxygen atoms in total. The van der Waals surface area contributed by atoms with Crippen LogP contribution in [0.4, 0.5) is 0 Å². The van der Waals surface area contributed by atoms with E-state index in [0.717, 1.165) is 31.7 Å². The van der Waals surface area contributed by atoms with Gasteiger partial charge >= 0.3 is 0 Å². The minimum atomic E-state index is 0.759. The van der Waals surface area contributed by atoms with Crippen LogP contribution in [0.15, 0.2) is 0 Å². The maximum absolute atomic E-state index is 5.60. The number of nitrogens with one attached hydrogen (secondary N) is 1. The molecule has 0 spiro atoms. The van der Waals surface area contributed by atoms with E-state index in [2.05, 4.69) is 19.2 Å². The largest absolute Gasteiger partial charge is 0.380 e. The van der Waals surface area contributed by atoms with Crippen molar-refractivity contribution < 1.29 is 4.74 Å². The standard InChI is InChI=1S/C14H29NO/c1-13(2)9-11-16-12-10-15-14-7-5-3-4-6-8-14/h13-15H,3-12H2,1-2H3. The van der Waals surface area contributed by atoms with Gasteiger partial charge in [0.25, 0.3) is 0 Å². The molecule has 1 N–H and O–H groups in total. The van der Waals surface area contributed by atoms with Crippen LogP contribution in [0.5, 0.6) is 0 Å². The van der Waals surface area contributed by atoms with Crippen molar-refractivity contribution in [1.82, 2.24) is 5.32 Å². The Kier molecular flexibility index (Phi) is 7.87. The van der Waals surface area contributed by atoms with Gasteiger partial charge in [-0.1, -0.05) is 39.5 Å². The molecule has 0 aromatic rings. The zero-order valence-electron chi connectivity index (χ0n) is 11.1. The third kappa shape index (κ3) is 7.24. The number of ether oxygens (including phenoxy) is 1. The molecule has 0 aliphatic heterocycles. The number of hydrogen-bond donors (Lipinski definition) is 1. The molecule has 0 heterocycles. The molecule has 1 rings (SSSR count). The molecule has 0 radical (unpaired) electrons. The van der Waals surface area contributed by atoms with Crippen LogP contribution in [-0.2, 0) is 4.74 Å². The molecule has 1 aliphatic rings. The van der Waals surface area contributed by atoms with Crippen LogP contribution in [0.2, 0.25) is 0 Å². The predicted octanol–water partition coefficient (Wildman–Crippen LogP) is 3.36. The highest BCUT2D eigenvalue weighted by atomic mass is 16.5. The van der Waals surface area contributed by atoms with E-state index < -0.39 is 0 Å². The molecular formula is C14H29NO. The molecule has 2 heteroatoms. The molecule has 1 aliphatic carbocycles. The van der Waals surface area contributed by atoms with Gasteiger partial charge in [-0.3, -0.25) is 0 Å². The van der Waals surface area contributed by atoms with Crippen LogP contribution >= 0.6 is 0 Å². The summed E-state index contributed by atoms with van der Waals surface area (Å²) in [6, 6.07) is 0.760. The van der Waals surface area contributed by atoms with Crippen LogP contribution in [-0.4, -0.2) is 25.8 Å². The van der Waals surface area contributed by atoms with E-state index in [-0.39, 0.29) is 0 Å². The fourth-order valence-corrected chi connectivity index (χ4v) is 2.24. The predicted molar refractivity (Wildman–Crippen MR) is 69.8 cm³/mol. The summed E-state index contributed by atoms with van der Waals surface area (Å²) in [4.78, 5) is 0. The van der Waals surface area contributed by atoms with Crippen LogP contribution in [0.1, 0.15) is 58.8 Å². The fraction of sp³-hybridized carbons (Fsp3) is 1.00. The highest BCUT2D eigenvalue weighted by molar-refractivity contribution is 4.70. The summed E-state index contributed by atoms with van der Waals surface area (Å²) in [6.07, 6.45) is 9.60. The summed E-state index contributed by atoms with van der Waals surface area (Å²) < 4.78 is 5.60. The zero-order chi connectivity index (χ0) is 11.6. The lowest BCUT2D eigenvalue weighted by Gasteiger charge is -2.16. The molecule has 0 unspecified atom stereocenters. The highest BCUT2D eigenvalue weighted by Gasteiger charge is 2.10. The van der Waals surface area contributed by atoms with Gasteiger partial charge in [0.15, 0.2) is 0 Å². The Labute approximate surface area is 101 Å². The third-order valence-corrected chi connectivity index (χ3v) is 3.37. The lowest BCUT2D eigenvalue weighted by Crippen LogP contribution is -2.31. The highest BCUT2D eigenvalue weighted by Crippen LogP contribution is 2.16. The molecule has 1 saturated carbocycles. The summed E-state index contributed by atoms with van der Waals surface area (Å²) in [7, 11) is 0. The van der Waals surface area contributed by atoms with E-state index in [1.807, 2.05) is 0 Å². The van der Waals surface area contributed by atoms with E-state index in [1.54, 1.807) is 0 Å². The summed E-state index contributed by atoms with van der Waals surface area (Å²) in [6.45, 7) is 7.32. The monoisotopic (exact) mass is 227 g/mol. The van der Waals surface area contributed by atoms with Gasteiger partial charge in [-0.2, -0.15) is 0 Å². The van der Waals surface area contributed by atoms with Crippen molar-refractivity contribution >= 4 is 0 Å². The second kappa shape index (κ2) is 9.00. The van der Waals surface area contributed by atoms with Crippen molar-refractivity contribution in [2.45, 2.75) is 64.8 Å². The van der Waals surface area contributed by atoms with Crippen molar-refractivity contribution in [2.24, 2.45) is 5.92 Å². The first kappa shape index (κ1) is 14.0. The van der Waals surface area contributed by atoms with E-state index in [0.29, 0.717) is 0 Å². The summed E-state index contributed by atoms with van der Waals surface area (Å²) in [5, 5.41) is 3.62. The lowest BCUT2D eigenvalue weighted by molar-refractivity contribution is 0.123. The van der Waals surface area contributed by atoms with Gasteiger partial charge in [0.2, 0.25) is 0 Å². The van der Waals surface area contributed by atoms with Gasteiger partial charge in [0.05, 0.1) is 6.61 Å². The molecule has 16 heavy (non-hydrogen) atoms. The van der Waals surface area contributed by atoms with Gasteiger partial charge in [-0.25, -0.2) is 0 Å². The molecule has 0 saturated heterocycles. The summed E-state index contributed by atoms with van der Waals surface area (Å²) >= 11 is 0. The topological polar surface area (TPSA) is 21.3 Å². The minimum Gasteiger partial charge on any atom is -0.380 e. The van der Waals surface area contributed by atoms with E-state index >= 15 is 0 Å². The molecule has 0 amide bonds. The maximum Gasteiger partial charge on any atom is 0.0591 e. The van der Waals surface area contributed by atoms with E-state index in [9.17, 15) is 0 Å². The average Bonchev–Trinajstić information content (AvgIpc) is 2.51. The minimum absolute atomic E-state index is 0.759. The quantitative estimate of drug-likeness (QED) is 0.532. The van der Waals surface area contributed by atoms with Crippen molar-refractivity contribution in [2.75, 3.05) is 19.8 Å². The molecule has 0 bridgehead atoms. The molecule has 0 aromatic carbocycles. The smallest absolute Gasteiger partial charge is 0.0591 e. The second-order valence-electron chi connectivity index (χ2n) is 5.44. The van der Waals surface area contributed by atoms with Crippen molar-refractivity contribution in [3.05, 3.63) is 0 Å². The van der Waals surface area contributed by atoms with Gasteiger partial charge < -0.3 is 10.1 Å². The van der Waals surface area contributed by atoms with E-state index in [4.69, 9.17) is 4.74 Å². The molecule has 96 valence electrons. The molecule has 0 aromatic heterocycles. The first-order chi connectivity index (χ1) is 7.79. The van der Waals surface area contributed by atoms with Crippen LogP contribution in [0, 0.1) is 5.92 Å². The Balaban J connectivity index is 1.89. The van der Waals surface area contributed by atoms with Crippen molar-refractivity contribution in [3.63, 3.8) is 0 Å².